The summed E-state index contributed by atoms with van der Waals surface area (Å²) in [6, 6.07) is 10.1. The molecule has 1 fully saturated rings. The maximum Gasteiger partial charge on any atom is 0.288 e. The van der Waals surface area contributed by atoms with E-state index in [0.29, 0.717) is 10.5 Å². The lowest BCUT2D eigenvalue weighted by molar-refractivity contribution is -0.146. The molecule has 0 saturated carbocycles. The molecule has 0 radical (unpaired) electrons. The van der Waals surface area contributed by atoms with Crippen molar-refractivity contribution >= 4 is 17.7 Å². The standard InChI is InChI=1S/C29H33F2N3O5/c1-5-17(2)15-32-27(38)24-19(4)29(30,31)16-34(24)28(39)25(36)22(14-20-10-7-6-8-11-20)33-26(37)21-12-9-13-23(35)18(21)3/h5-13,22,24-25,35-36H,4,14-16H2,1-3H3,(H,32,38)(H,33,37)/b17-5+/t22-,24-,25-/m0/s1. The van der Waals surface area contributed by atoms with Crippen LogP contribution < -0.4 is 10.6 Å². The number of hydrogen-bond donors (Lipinski definition) is 4. The van der Waals surface area contributed by atoms with Crippen LogP contribution in [-0.2, 0) is 16.0 Å². The van der Waals surface area contributed by atoms with Crippen LogP contribution in [0.15, 0.2) is 72.3 Å². The zero-order valence-electron chi connectivity index (χ0n) is 22.1. The molecule has 3 rings (SSSR count). The third-order valence-electron chi connectivity index (χ3n) is 6.85. The molecule has 1 saturated heterocycles. The van der Waals surface area contributed by atoms with E-state index < -0.39 is 53.9 Å². The molecule has 2 aromatic rings. The number of phenols is 1. The molecule has 3 amide bonds. The first kappa shape index (κ1) is 29.5. The smallest absolute Gasteiger partial charge is 0.288 e. The Hall–Kier alpha value is -4.05. The minimum Gasteiger partial charge on any atom is -0.508 e. The van der Waals surface area contributed by atoms with Gasteiger partial charge in [-0.3, -0.25) is 14.4 Å². The van der Waals surface area contributed by atoms with Crippen LogP contribution in [0.5, 0.6) is 5.75 Å². The van der Waals surface area contributed by atoms with E-state index in [0.717, 1.165) is 5.57 Å². The largest absolute Gasteiger partial charge is 0.508 e. The second kappa shape index (κ2) is 12.2. The third-order valence-corrected chi connectivity index (χ3v) is 6.85. The number of likely N-dealkylation sites (tertiary alicyclic amines) is 1. The van der Waals surface area contributed by atoms with Gasteiger partial charge >= 0.3 is 0 Å². The zero-order valence-corrected chi connectivity index (χ0v) is 22.1. The molecule has 8 nitrogen and oxygen atoms in total. The highest BCUT2D eigenvalue weighted by atomic mass is 19.3. The molecule has 4 N–H and O–H groups in total. The summed E-state index contributed by atoms with van der Waals surface area (Å²) in [6.45, 7) is 7.36. The van der Waals surface area contributed by atoms with Gasteiger partial charge in [0.05, 0.1) is 12.6 Å². The molecule has 1 heterocycles. The molecule has 2 aromatic carbocycles. The van der Waals surface area contributed by atoms with Gasteiger partial charge in [0, 0.05) is 23.2 Å². The number of aromatic hydroxyl groups is 1. The van der Waals surface area contributed by atoms with Gasteiger partial charge in [-0.15, -0.1) is 0 Å². The molecule has 0 spiro atoms. The van der Waals surface area contributed by atoms with Crippen LogP contribution in [-0.4, -0.2) is 70.0 Å². The van der Waals surface area contributed by atoms with Gasteiger partial charge in [-0.2, -0.15) is 8.78 Å². The van der Waals surface area contributed by atoms with Gasteiger partial charge in [0.15, 0.2) is 6.10 Å². The number of hydrogen-bond acceptors (Lipinski definition) is 5. The van der Waals surface area contributed by atoms with Crippen molar-refractivity contribution in [3.05, 3.63) is 89.0 Å². The summed E-state index contributed by atoms with van der Waals surface area (Å²) in [6.07, 6.45) is -0.239. The molecular weight excluding hydrogens is 508 g/mol. The fraction of sp³-hybridized carbons (Fsp3) is 0.345. The van der Waals surface area contributed by atoms with Crippen molar-refractivity contribution in [2.75, 3.05) is 13.1 Å². The number of allylic oxidation sites excluding steroid dienone is 1. The molecule has 208 valence electrons. The van der Waals surface area contributed by atoms with E-state index in [2.05, 4.69) is 17.2 Å². The summed E-state index contributed by atoms with van der Waals surface area (Å²) >= 11 is 0. The maximum atomic E-state index is 14.7. The Balaban J connectivity index is 1.91. The van der Waals surface area contributed by atoms with Crippen LogP contribution >= 0.6 is 0 Å². The zero-order chi connectivity index (χ0) is 28.9. The minimum absolute atomic E-state index is 0.0140. The van der Waals surface area contributed by atoms with Crippen molar-refractivity contribution in [2.45, 2.75) is 51.3 Å². The number of amides is 3. The van der Waals surface area contributed by atoms with E-state index in [4.69, 9.17) is 0 Å². The number of halogens is 2. The molecule has 0 aliphatic carbocycles. The summed E-state index contributed by atoms with van der Waals surface area (Å²) in [5.74, 6) is -6.34. The fourth-order valence-corrected chi connectivity index (χ4v) is 4.29. The van der Waals surface area contributed by atoms with E-state index in [1.165, 1.54) is 25.1 Å². The van der Waals surface area contributed by atoms with Gasteiger partial charge in [-0.05, 0) is 44.9 Å². The van der Waals surface area contributed by atoms with Crippen molar-refractivity contribution < 1.29 is 33.4 Å². The molecule has 0 aromatic heterocycles. The monoisotopic (exact) mass is 541 g/mol. The van der Waals surface area contributed by atoms with Crippen molar-refractivity contribution in [2.24, 2.45) is 0 Å². The average molecular weight is 542 g/mol. The Morgan fingerprint density at radius 1 is 1.18 bits per heavy atom. The van der Waals surface area contributed by atoms with Crippen molar-refractivity contribution in [3.63, 3.8) is 0 Å². The van der Waals surface area contributed by atoms with Crippen LogP contribution in [0.2, 0.25) is 0 Å². The summed E-state index contributed by atoms with van der Waals surface area (Å²) < 4.78 is 29.4. The number of rotatable bonds is 9. The van der Waals surface area contributed by atoms with Crippen molar-refractivity contribution in [1.29, 1.82) is 0 Å². The van der Waals surface area contributed by atoms with Gasteiger partial charge in [0.1, 0.15) is 11.8 Å². The maximum absolute atomic E-state index is 14.7. The van der Waals surface area contributed by atoms with E-state index in [-0.39, 0.29) is 29.8 Å². The Labute approximate surface area is 226 Å². The van der Waals surface area contributed by atoms with Crippen LogP contribution in [0.1, 0.15) is 35.3 Å². The summed E-state index contributed by atoms with van der Waals surface area (Å²) in [7, 11) is 0. The predicted octanol–water partition coefficient (Wildman–Crippen LogP) is 2.89. The van der Waals surface area contributed by atoms with E-state index >= 15 is 0 Å². The lowest BCUT2D eigenvalue weighted by Gasteiger charge is -2.30. The second-order valence-electron chi connectivity index (χ2n) is 9.62. The van der Waals surface area contributed by atoms with Crippen molar-refractivity contribution in [1.82, 2.24) is 15.5 Å². The summed E-state index contributed by atoms with van der Waals surface area (Å²) in [5.41, 5.74) is 1.10. The van der Waals surface area contributed by atoms with Crippen LogP contribution in [0.3, 0.4) is 0 Å². The molecule has 1 aliphatic rings. The Morgan fingerprint density at radius 3 is 2.49 bits per heavy atom. The highest BCUT2D eigenvalue weighted by molar-refractivity contribution is 5.97. The lowest BCUT2D eigenvalue weighted by atomic mass is 9.98. The van der Waals surface area contributed by atoms with Gasteiger partial charge in [-0.1, -0.05) is 54.6 Å². The first-order valence-electron chi connectivity index (χ1n) is 12.5. The van der Waals surface area contributed by atoms with E-state index in [1.807, 2.05) is 0 Å². The molecule has 39 heavy (non-hydrogen) atoms. The molecular formula is C29H33F2N3O5. The third kappa shape index (κ3) is 6.69. The quantitative estimate of drug-likeness (QED) is 0.364. The van der Waals surface area contributed by atoms with E-state index in [1.54, 1.807) is 50.3 Å². The molecule has 3 atom stereocenters. The van der Waals surface area contributed by atoms with Crippen LogP contribution in [0.4, 0.5) is 8.78 Å². The van der Waals surface area contributed by atoms with Crippen LogP contribution in [0, 0.1) is 6.92 Å². The topological polar surface area (TPSA) is 119 Å². The first-order valence-corrected chi connectivity index (χ1v) is 12.5. The highest BCUT2D eigenvalue weighted by Gasteiger charge is 2.54. The Bertz CT molecular complexity index is 1280. The number of phenolic OH excluding ortho intramolecular Hbond substituents is 1. The minimum atomic E-state index is -3.55. The number of carbonyl (C=O) groups excluding carboxylic acids is 3. The second-order valence-corrected chi connectivity index (χ2v) is 9.62. The predicted molar refractivity (Wildman–Crippen MR) is 142 cm³/mol. The fourth-order valence-electron chi connectivity index (χ4n) is 4.29. The summed E-state index contributed by atoms with van der Waals surface area (Å²) in [4.78, 5) is 40.1. The number of aliphatic hydroxyl groups is 1. The molecule has 1 aliphatic heterocycles. The lowest BCUT2D eigenvalue weighted by Crippen LogP contribution is -2.56. The number of nitrogens with one attached hydrogen (secondary N) is 2. The highest BCUT2D eigenvalue weighted by Crippen LogP contribution is 2.37. The van der Waals surface area contributed by atoms with Crippen LogP contribution in [0.25, 0.3) is 0 Å². The van der Waals surface area contributed by atoms with E-state index in [9.17, 15) is 33.4 Å². The Kier molecular flexibility index (Phi) is 9.24. The van der Waals surface area contributed by atoms with Crippen molar-refractivity contribution in [3.8, 4) is 5.75 Å². The van der Waals surface area contributed by atoms with Gasteiger partial charge < -0.3 is 25.7 Å². The first-order chi connectivity index (χ1) is 18.4. The van der Waals surface area contributed by atoms with Gasteiger partial charge in [-0.25, -0.2) is 0 Å². The number of nitrogens with zero attached hydrogens (tertiary/aromatic N) is 1. The molecule has 0 unspecified atom stereocenters. The normalized spacial score (nSPS) is 18.4. The molecule has 10 heteroatoms. The number of aliphatic hydroxyl groups excluding tert-OH is 1. The van der Waals surface area contributed by atoms with Gasteiger partial charge in [0.2, 0.25) is 5.91 Å². The summed E-state index contributed by atoms with van der Waals surface area (Å²) in [5, 5.41) is 26.3. The molecule has 0 bridgehead atoms. The number of carbonyl (C=O) groups is 3. The Morgan fingerprint density at radius 2 is 1.85 bits per heavy atom. The van der Waals surface area contributed by atoms with Gasteiger partial charge in [0.25, 0.3) is 17.7 Å². The number of alkyl halides is 2. The average Bonchev–Trinajstić information content (AvgIpc) is 3.16. The number of benzene rings is 2. The SMILES string of the molecule is C=C1[C@@H](C(=O)NC/C(C)=C/C)N(C(=O)[C@@H](O)[C@H](Cc2ccccc2)NC(=O)c2cccc(O)c2C)CC1(F)F.